The summed E-state index contributed by atoms with van der Waals surface area (Å²) in [6, 6.07) is 7.43. The number of benzene rings is 1. The number of cyclic esters (lactones) is 1. The molecule has 0 aliphatic carbocycles. The van der Waals surface area contributed by atoms with Gasteiger partial charge in [-0.1, -0.05) is 24.3 Å². The van der Waals surface area contributed by atoms with E-state index in [4.69, 9.17) is 4.74 Å². The molecule has 3 nitrogen and oxygen atoms in total. The summed E-state index contributed by atoms with van der Waals surface area (Å²) in [4.78, 5) is 21.8. The lowest BCUT2D eigenvalue weighted by atomic mass is 10.1. The lowest BCUT2D eigenvalue weighted by Gasteiger charge is -2.04. The molecule has 3 heteroatoms. The van der Waals surface area contributed by atoms with Crippen LogP contribution in [0.3, 0.4) is 0 Å². The molecule has 0 unspecified atom stereocenters. The zero-order valence-electron chi connectivity index (χ0n) is 7.61. The molecule has 1 heterocycles. The average Bonchev–Trinajstić information content (AvgIpc) is 2.48. The molecular weight excluding hydrogens is 180 g/mol. The molecule has 1 aromatic rings. The van der Waals surface area contributed by atoms with Crippen LogP contribution in [0.4, 0.5) is 0 Å². The SMILES string of the molecule is Cc1ccccc1C1=CC(=O)C(=O)O1. The third-order valence-electron chi connectivity index (χ3n) is 2.08. The molecule has 1 aromatic carbocycles. The van der Waals surface area contributed by atoms with Crippen LogP contribution in [0.1, 0.15) is 11.1 Å². The number of esters is 1. The lowest BCUT2D eigenvalue weighted by Crippen LogP contribution is -2.05. The highest BCUT2D eigenvalue weighted by molar-refractivity contribution is 6.43. The predicted molar refractivity (Wildman–Crippen MR) is 50.3 cm³/mol. The average molecular weight is 188 g/mol. The van der Waals surface area contributed by atoms with Crippen LogP contribution in [0, 0.1) is 6.92 Å². The van der Waals surface area contributed by atoms with Gasteiger partial charge in [-0.15, -0.1) is 0 Å². The maximum atomic E-state index is 10.9. The predicted octanol–water partition coefficient (Wildman–Crippen LogP) is 1.46. The van der Waals surface area contributed by atoms with Crippen molar-refractivity contribution in [3.05, 3.63) is 41.5 Å². The second kappa shape index (κ2) is 3.10. The minimum atomic E-state index is -0.803. The number of ketones is 1. The van der Waals surface area contributed by atoms with Crippen molar-refractivity contribution >= 4 is 17.5 Å². The van der Waals surface area contributed by atoms with Gasteiger partial charge in [-0.25, -0.2) is 4.79 Å². The fourth-order valence-corrected chi connectivity index (χ4v) is 1.34. The normalized spacial score (nSPS) is 15.4. The molecule has 0 atom stereocenters. The Morgan fingerprint density at radius 2 is 1.86 bits per heavy atom. The highest BCUT2D eigenvalue weighted by atomic mass is 16.5. The first-order valence-corrected chi connectivity index (χ1v) is 4.22. The Kier molecular flexibility index (Phi) is 1.93. The van der Waals surface area contributed by atoms with E-state index in [0.717, 1.165) is 11.1 Å². The summed E-state index contributed by atoms with van der Waals surface area (Å²) in [5, 5.41) is 0. The van der Waals surface area contributed by atoms with E-state index < -0.39 is 11.8 Å². The first kappa shape index (κ1) is 8.69. The number of carbonyl (C=O) groups is 2. The van der Waals surface area contributed by atoms with Gasteiger partial charge in [0.15, 0.2) is 0 Å². The molecule has 14 heavy (non-hydrogen) atoms. The first-order valence-electron chi connectivity index (χ1n) is 4.22. The summed E-state index contributed by atoms with van der Waals surface area (Å²) < 4.78 is 4.81. The van der Waals surface area contributed by atoms with Gasteiger partial charge in [-0.05, 0) is 12.5 Å². The number of aryl methyl sites for hydroxylation is 1. The Hall–Kier alpha value is -1.90. The summed E-state index contributed by atoms with van der Waals surface area (Å²) in [7, 11) is 0. The van der Waals surface area contributed by atoms with Gasteiger partial charge in [-0.2, -0.15) is 0 Å². The molecule has 0 aromatic heterocycles. The van der Waals surface area contributed by atoms with Gasteiger partial charge in [0.25, 0.3) is 5.78 Å². The number of hydrogen-bond acceptors (Lipinski definition) is 3. The second-order valence-corrected chi connectivity index (χ2v) is 3.08. The van der Waals surface area contributed by atoms with Gasteiger partial charge >= 0.3 is 5.97 Å². The first-order chi connectivity index (χ1) is 6.68. The highest BCUT2D eigenvalue weighted by Crippen LogP contribution is 2.23. The molecule has 0 saturated heterocycles. The molecule has 1 aliphatic rings. The Morgan fingerprint density at radius 1 is 1.14 bits per heavy atom. The molecule has 0 saturated carbocycles. The van der Waals surface area contributed by atoms with Crippen molar-refractivity contribution in [2.45, 2.75) is 6.92 Å². The molecule has 1 aliphatic heterocycles. The summed E-state index contributed by atoms with van der Waals surface area (Å²) >= 11 is 0. The molecule has 0 fully saturated rings. The van der Waals surface area contributed by atoms with Crippen molar-refractivity contribution in [3.8, 4) is 0 Å². The van der Waals surface area contributed by atoms with Crippen LogP contribution in [0.5, 0.6) is 0 Å². The molecule has 0 amide bonds. The fraction of sp³-hybridized carbons (Fsp3) is 0.0909. The molecule has 2 rings (SSSR count). The number of rotatable bonds is 1. The van der Waals surface area contributed by atoms with Gasteiger partial charge in [0.1, 0.15) is 5.76 Å². The van der Waals surface area contributed by atoms with Crippen LogP contribution < -0.4 is 0 Å². The van der Waals surface area contributed by atoms with E-state index in [-0.39, 0.29) is 0 Å². The van der Waals surface area contributed by atoms with Crippen LogP contribution in [0.25, 0.3) is 5.76 Å². The van der Waals surface area contributed by atoms with E-state index in [1.165, 1.54) is 6.08 Å². The molecular formula is C11H8O3. The Labute approximate surface area is 81.0 Å². The maximum absolute atomic E-state index is 10.9. The van der Waals surface area contributed by atoms with E-state index in [2.05, 4.69) is 0 Å². The maximum Gasteiger partial charge on any atom is 0.384 e. The summed E-state index contributed by atoms with van der Waals surface area (Å²) in [5.41, 5.74) is 1.76. The van der Waals surface area contributed by atoms with Crippen molar-refractivity contribution in [1.29, 1.82) is 0 Å². The monoisotopic (exact) mass is 188 g/mol. The van der Waals surface area contributed by atoms with Crippen LogP contribution in [-0.2, 0) is 14.3 Å². The molecule has 0 N–H and O–H groups in total. The largest absolute Gasteiger partial charge is 0.420 e. The summed E-state index contributed by atoms with van der Waals surface area (Å²) in [5.74, 6) is -1.05. The summed E-state index contributed by atoms with van der Waals surface area (Å²) in [6.45, 7) is 1.90. The zero-order chi connectivity index (χ0) is 10.1. The Balaban J connectivity index is 2.43. The Bertz CT molecular complexity index is 444. The standard InChI is InChI=1S/C11H8O3/c1-7-4-2-3-5-8(7)10-6-9(12)11(13)14-10/h2-6H,1H3. The van der Waals surface area contributed by atoms with Crippen LogP contribution in [0.15, 0.2) is 30.3 Å². The zero-order valence-corrected chi connectivity index (χ0v) is 7.61. The van der Waals surface area contributed by atoms with E-state index in [1.54, 1.807) is 0 Å². The van der Waals surface area contributed by atoms with Gasteiger partial charge in [0.2, 0.25) is 0 Å². The molecule has 0 radical (unpaired) electrons. The van der Waals surface area contributed by atoms with Crippen molar-refractivity contribution in [1.82, 2.24) is 0 Å². The van der Waals surface area contributed by atoms with Crippen molar-refractivity contribution in [2.75, 3.05) is 0 Å². The molecule has 0 bridgehead atoms. The minimum Gasteiger partial charge on any atom is -0.420 e. The van der Waals surface area contributed by atoms with Crippen LogP contribution in [-0.4, -0.2) is 11.8 Å². The van der Waals surface area contributed by atoms with Gasteiger partial charge in [0.05, 0.1) is 0 Å². The second-order valence-electron chi connectivity index (χ2n) is 3.08. The van der Waals surface area contributed by atoms with E-state index in [9.17, 15) is 9.59 Å². The number of hydrogen-bond donors (Lipinski definition) is 0. The molecule has 0 spiro atoms. The topological polar surface area (TPSA) is 43.4 Å². The van der Waals surface area contributed by atoms with Gasteiger partial charge in [-0.3, -0.25) is 4.79 Å². The third kappa shape index (κ3) is 1.33. The van der Waals surface area contributed by atoms with E-state index in [1.807, 2.05) is 31.2 Å². The number of carbonyl (C=O) groups excluding carboxylic acids is 2. The molecule has 70 valence electrons. The minimum absolute atomic E-state index is 0.345. The van der Waals surface area contributed by atoms with Crippen molar-refractivity contribution in [3.63, 3.8) is 0 Å². The summed E-state index contributed by atoms with van der Waals surface area (Å²) in [6.07, 6.45) is 1.23. The smallest absolute Gasteiger partial charge is 0.384 e. The fourth-order valence-electron chi connectivity index (χ4n) is 1.34. The highest BCUT2D eigenvalue weighted by Gasteiger charge is 2.25. The van der Waals surface area contributed by atoms with Crippen molar-refractivity contribution < 1.29 is 14.3 Å². The third-order valence-corrected chi connectivity index (χ3v) is 2.08. The van der Waals surface area contributed by atoms with Crippen LogP contribution in [0.2, 0.25) is 0 Å². The Morgan fingerprint density at radius 3 is 2.43 bits per heavy atom. The van der Waals surface area contributed by atoms with E-state index >= 15 is 0 Å². The quantitative estimate of drug-likeness (QED) is 0.495. The van der Waals surface area contributed by atoms with E-state index in [0.29, 0.717) is 5.76 Å². The van der Waals surface area contributed by atoms with Crippen LogP contribution >= 0.6 is 0 Å². The van der Waals surface area contributed by atoms with Gasteiger partial charge in [0, 0.05) is 11.6 Å². The van der Waals surface area contributed by atoms with Gasteiger partial charge < -0.3 is 4.74 Å². The number of ether oxygens (including phenoxy) is 1. The van der Waals surface area contributed by atoms with Crippen molar-refractivity contribution in [2.24, 2.45) is 0 Å². The lowest BCUT2D eigenvalue weighted by molar-refractivity contribution is -0.144.